The van der Waals surface area contributed by atoms with E-state index in [1.165, 1.54) is 0 Å². The van der Waals surface area contributed by atoms with Crippen molar-refractivity contribution in [2.75, 3.05) is 0 Å². The van der Waals surface area contributed by atoms with Crippen molar-refractivity contribution in [3.63, 3.8) is 0 Å². The van der Waals surface area contributed by atoms with Gasteiger partial charge >= 0.3 is 0 Å². The average Bonchev–Trinajstić information content (AvgIpc) is 2.47. The molecule has 0 aliphatic rings. The highest BCUT2D eigenvalue weighted by molar-refractivity contribution is 6.16. The van der Waals surface area contributed by atoms with Crippen molar-refractivity contribution >= 4 is 16.6 Å². The molecule has 19 heavy (non-hydrogen) atoms. The Kier molecular flexibility index (Phi) is 2.76. The van der Waals surface area contributed by atoms with Crippen LogP contribution in [0.5, 0.6) is 5.75 Å². The second kappa shape index (κ2) is 4.58. The number of fused-ring (bicyclic) bond motifs is 1. The van der Waals surface area contributed by atoms with E-state index in [0.717, 1.165) is 5.39 Å². The predicted octanol–water partition coefficient (Wildman–Crippen LogP) is 3.78. The minimum atomic E-state index is -0.0307. The Hall–Kier alpha value is -2.61. The number of phenolic OH excluding ortho intramolecular Hbond substituents is 1. The molecule has 0 fully saturated rings. The van der Waals surface area contributed by atoms with E-state index >= 15 is 0 Å². The number of benzene rings is 3. The van der Waals surface area contributed by atoms with Crippen LogP contribution in [0.25, 0.3) is 10.8 Å². The van der Waals surface area contributed by atoms with Crippen LogP contribution in [0.3, 0.4) is 0 Å². The molecule has 3 aromatic carbocycles. The quantitative estimate of drug-likeness (QED) is 0.701. The first-order valence-corrected chi connectivity index (χ1v) is 6.08. The number of hydrogen-bond acceptors (Lipinski definition) is 2. The van der Waals surface area contributed by atoms with Gasteiger partial charge in [-0.15, -0.1) is 0 Å². The van der Waals surface area contributed by atoms with Crippen molar-refractivity contribution in [3.8, 4) is 5.75 Å². The Labute approximate surface area is 110 Å². The van der Waals surface area contributed by atoms with Crippen molar-refractivity contribution in [1.29, 1.82) is 0 Å². The molecule has 0 aliphatic heterocycles. The highest BCUT2D eigenvalue weighted by Gasteiger charge is 2.12. The van der Waals surface area contributed by atoms with Gasteiger partial charge in [-0.25, -0.2) is 0 Å². The van der Waals surface area contributed by atoms with E-state index < -0.39 is 0 Å². The van der Waals surface area contributed by atoms with Crippen LogP contribution < -0.4 is 0 Å². The third-order valence-corrected chi connectivity index (χ3v) is 3.18. The third kappa shape index (κ3) is 1.97. The lowest BCUT2D eigenvalue weighted by Gasteiger charge is -2.07. The highest BCUT2D eigenvalue weighted by Crippen LogP contribution is 2.28. The van der Waals surface area contributed by atoms with Crippen LogP contribution in [0.4, 0.5) is 0 Å². The molecule has 3 aromatic rings. The maximum Gasteiger partial charge on any atom is 0.193 e. The van der Waals surface area contributed by atoms with Crippen LogP contribution in [0, 0.1) is 0 Å². The number of phenols is 1. The maximum atomic E-state index is 12.5. The van der Waals surface area contributed by atoms with Crippen molar-refractivity contribution < 1.29 is 9.90 Å². The highest BCUT2D eigenvalue weighted by atomic mass is 16.3. The summed E-state index contributed by atoms with van der Waals surface area (Å²) in [5.74, 6) is 0.164. The summed E-state index contributed by atoms with van der Waals surface area (Å²) in [7, 11) is 0. The molecular weight excluding hydrogens is 236 g/mol. The molecule has 0 amide bonds. The Morgan fingerprint density at radius 1 is 0.737 bits per heavy atom. The number of aromatic hydroxyl groups is 1. The summed E-state index contributed by atoms with van der Waals surface area (Å²) >= 11 is 0. The molecule has 2 heteroatoms. The van der Waals surface area contributed by atoms with E-state index in [-0.39, 0.29) is 11.5 Å². The summed E-state index contributed by atoms with van der Waals surface area (Å²) in [6.45, 7) is 0. The third-order valence-electron chi connectivity index (χ3n) is 3.18. The Morgan fingerprint density at radius 2 is 1.42 bits per heavy atom. The van der Waals surface area contributed by atoms with Crippen LogP contribution in [0.1, 0.15) is 15.9 Å². The fourth-order valence-corrected chi connectivity index (χ4v) is 2.24. The fourth-order valence-electron chi connectivity index (χ4n) is 2.24. The number of rotatable bonds is 2. The van der Waals surface area contributed by atoms with E-state index in [1.54, 1.807) is 36.4 Å². The van der Waals surface area contributed by atoms with Gasteiger partial charge in [0.2, 0.25) is 0 Å². The number of carbonyl (C=O) groups excluding carboxylic acids is 1. The molecular formula is C17H12O2. The second-order valence-corrected chi connectivity index (χ2v) is 4.37. The van der Waals surface area contributed by atoms with Gasteiger partial charge in [-0.05, 0) is 11.5 Å². The first kappa shape index (κ1) is 11.5. The topological polar surface area (TPSA) is 37.3 Å². The number of ketones is 1. The molecule has 0 radical (unpaired) electrons. The maximum absolute atomic E-state index is 12.5. The molecule has 1 N–H and O–H groups in total. The molecule has 3 rings (SSSR count). The lowest BCUT2D eigenvalue weighted by molar-refractivity contribution is 0.104. The van der Waals surface area contributed by atoms with E-state index in [4.69, 9.17) is 0 Å². The second-order valence-electron chi connectivity index (χ2n) is 4.37. The van der Waals surface area contributed by atoms with Gasteiger partial charge < -0.3 is 5.11 Å². The first-order valence-electron chi connectivity index (χ1n) is 6.08. The summed E-state index contributed by atoms with van der Waals surface area (Å²) in [5.41, 5.74) is 1.26. The van der Waals surface area contributed by atoms with Crippen LogP contribution >= 0.6 is 0 Å². The van der Waals surface area contributed by atoms with Gasteiger partial charge in [0, 0.05) is 16.5 Å². The normalized spacial score (nSPS) is 10.5. The van der Waals surface area contributed by atoms with Crippen molar-refractivity contribution in [1.82, 2.24) is 0 Å². The minimum absolute atomic E-state index is 0.0307. The molecule has 0 aliphatic carbocycles. The van der Waals surface area contributed by atoms with Crippen LogP contribution in [-0.4, -0.2) is 10.9 Å². The van der Waals surface area contributed by atoms with Gasteiger partial charge in [-0.2, -0.15) is 0 Å². The smallest absolute Gasteiger partial charge is 0.193 e. The summed E-state index contributed by atoms with van der Waals surface area (Å²) in [4.78, 5) is 12.5. The zero-order chi connectivity index (χ0) is 13.2. The molecule has 0 saturated heterocycles. The lowest BCUT2D eigenvalue weighted by atomic mass is 9.97. The van der Waals surface area contributed by atoms with Crippen molar-refractivity contribution in [2.24, 2.45) is 0 Å². The summed E-state index contributed by atoms with van der Waals surface area (Å²) in [6, 6.07) is 19.8. The van der Waals surface area contributed by atoms with E-state index in [2.05, 4.69) is 0 Å². The van der Waals surface area contributed by atoms with Crippen LogP contribution in [0.2, 0.25) is 0 Å². The van der Waals surface area contributed by atoms with Crippen LogP contribution in [-0.2, 0) is 0 Å². The zero-order valence-electron chi connectivity index (χ0n) is 10.2. The van der Waals surface area contributed by atoms with Gasteiger partial charge in [0.1, 0.15) is 5.75 Å². The number of carbonyl (C=O) groups is 1. The fraction of sp³-hybridized carbons (Fsp3) is 0. The standard InChI is InChI=1S/C17H12O2/c18-16-11-5-8-13-14(16)9-4-10-15(13)17(19)12-6-2-1-3-7-12/h1-11,18H. The van der Waals surface area contributed by atoms with E-state index in [1.807, 2.05) is 30.3 Å². The van der Waals surface area contributed by atoms with Gasteiger partial charge in [-0.3, -0.25) is 4.79 Å². The van der Waals surface area contributed by atoms with Gasteiger partial charge in [0.15, 0.2) is 5.78 Å². The monoisotopic (exact) mass is 248 g/mol. The van der Waals surface area contributed by atoms with Gasteiger partial charge in [0.25, 0.3) is 0 Å². The van der Waals surface area contributed by atoms with E-state index in [0.29, 0.717) is 16.5 Å². The Bertz CT molecular complexity index is 746. The molecule has 0 unspecified atom stereocenters. The predicted molar refractivity (Wildman–Crippen MR) is 75.5 cm³/mol. The minimum Gasteiger partial charge on any atom is -0.507 e. The summed E-state index contributed by atoms with van der Waals surface area (Å²) < 4.78 is 0. The summed E-state index contributed by atoms with van der Waals surface area (Å²) in [6.07, 6.45) is 0. The first-order chi connectivity index (χ1) is 9.27. The van der Waals surface area contributed by atoms with Crippen LogP contribution in [0.15, 0.2) is 66.7 Å². The molecule has 0 atom stereocenters. The largest absolute Gasteiger partial charge is 0.507 e. The Balaban J connectivity index is 2.21. The molecule has 2 nitrogen and oxygen atoms in total. The van der Waals surface area contributed by atoms with E-state index in [9.17, 15) is 9.90 Å². The summed E-state index contributed by atoms with van der Waals surface area (Å²) in [5, 5.41) is 11.3. The van der Waals surface area contributed by atoms with Gasteiger partial charge in [0.05, 0.1) is 0 Å². The molecule has 0 spiro atoms. The van der Waals surface area contributed by atoms with Crippen molar-refractivity contribution in [2.45, 2.75) is 0 Å². The van der Waals surface area contributed by atoms with Crippen molar-refractivity contribution in [3.05, 3.63) is 77.9 Å². The molecule has 92 valence electrons. The molecule has 0 saturated carbocycles. The SMILES string of the molecule is O=C(c1ccccc1)c1cccc2c(O)cccc12. The zero-order valence-corrected chi connectivity index (χ0v) is 10.2. The lowest BCUT2D eigenvalue weighted by Crippen LogP contribution is -2.01. The molecule has 0 aromatic heterocycles. The van der Waals surface area contributed by atoms with Gasteiger partial charge in [-0.1, -0.05) is 60.7 Å². The molecule has 0 heterocycles. The Morgan fingerprint density at radius 3 is 2.21 bits per heavy atom. The molecule has 0 bridgehead atoms. The average molecular weight is 248 g/mol. The number of hydrogen-bond donors (Lipinski definition) is 1.